The molecule has 1 heterocycles. The van der Waals surface area contributed by atoms with Crippen molar-refractivity contribution in [1.82, 2.24) is 9.97 Å². The summed E-state index contributed by atoms with van der Waals surface area (Å²) in [6.07, 6.45) is 0. The lowest BCUT2D eigenvalue weighted by atomic mass is 10.1. The van der Waals surface area contributed by atoms with Gasteiger partial charge in [0.2, 0.25) is 5.88 Å². The molecular formula is C22H23N3O2. The summed E-state index contributed by atoms with van der Waals surface area (Å²) in [6, 6.07) is 15.6. The summed E-state index contributed by atoms with van der Waals surface area (Å²) in [5, 5.41) is 2.91. The van der Waals surface area contributed by atoms with E-state index in [1.807, 2.05) is 70.2 Å². The van der Waals surface area contributed by atoms with Crippen molar-refractivity contribution in [2.24, 2.45) is 0 Å². The monoisotopic (exact) mass is 361 g/mol. The fourth-order valence-electron chi connectivity index (χ4n) is 2.77. The lowest BCUT2D eigenvalue weighted by Gasteiger charge is -2.12. The summed E-state index contributed by atoms with van der Waals surface area (Å²) in [5.41, 5.74) is 5.72. The molecule has 0 radical (unpaired) electrons. The lowest BCUT2D eigenvalue weighted by Crippen LogP contribution is -2.21. The first-order chi connectivity index (χ1) is 12.9. The van der Waals surface area contributed by atoms with E-state index in [0.29, 0.717) is 11.7 Å². The minimum Gasteiger partial charge on any atom is -0.467 e. The number of benzene rings is 2. The second-order valence-electron chi connectivity index (χ2n) is 6.64. The van der Waals surface area contributed by atoms with Crippen LogP contribution in [0.15, 0.2) is 48.5 Å². The number of amides is 1. The summed E-state index contributed by atoms with van der Waals surface area (Å²) in [4.78, 5) is 21.2. The Bertz CT molecular complexity index is 946. The molecule has 0 aliphatic rings. The molecule has 27 heavy (non-hydrogen) atoms. The van der Waals surface area contributed by atoms with Crippen molar-refractivity contribution >= 4 is 11.6 Å². The van der Waals surface area contributed by atoms with Crippen molar-refractivity contribution in [3.8, 4) is 17.3 Å². The van der Waals surface area contributed by atoms with E-state index >= 15 is 0 Å². The Morgan fingerprint density at radius 2 is 1.63 bits per heavy atom. The van der Waals surface area contributed by atoms with E-state index in [1.54, 1.807) is 6.07 Å². The van der Waals surface area contributed by atoms with Gasteiger partial charge in [0.1, 0.15) is 0 Å². The minimum atomic E-state index is -0.222. The molecule has 5 heteroatoms. The highest BCUT2D eigenvalue weighted by Crippen LogP contribution is 2.21. The van der Waals surface area contributed by atoms with Crippen molar-refractivity contribution in [2.45, 2.75) is 27.7 Å². The number of carbonyl (C=O) groups excluding carboxylic acids is 1. The van der Waals surface area contributed by atoms with Crippen LogP contribution in [0.25, 0.3) is 11.4 Å². The van der Waals surface area contributed by atoms with Crippen molar-refractivity contribution in [3.05, 3.63) is 70.9 Å². The fraction of sp³-hybridized carbons (Fsp3) is 0.227. The first kappa shape index (κ1) is 18.6. The standard InChI is InChI=1S/C22H23N3O2/c1-14-8-10-18(11-9-14)22-23-17(4)12-20(25-22)27-13-19(26)24-21-15(2)6-5-7-16(21)3/h5-12H,13H2,1-4H3,(H,24,26). The van der Waals surface area contributed by atoms with Gasteiger partial charge in [-0.3, -0.25) is 4.79 Å². The van der Waals surface area contributed by atoms with Crippen LogP contribution in [0.2, 0.25) is 0 Å². The number of nitrogens with zero attached hydrogens (tertiary/aromatic N) is 2. The highest BCUT2D eigenvalue weighted by atomic mass is 16.5. The van der Waals surface area contributed by atoms with Crippen LogP contribution in [0.5, 0.6) is 5.88 Å². The van der Waals surface area contributed by atoms with E-state index in [2.05, 4.69) is 15.3 Å². The van der Waals surface area contributed by atoms with Crippen molar-refractivity contribution in [2.75, 3.05) is 11.9 Å². The first-order valence-corrected chi connectivity index (χ1v) is 8.84. The molecule has 1 amide bonds. The zero-order valence-electron chi connectivity index (χ0n) is 16.0. The third-order valence-electron chi connectivity index (χ3n) is 4.24. The Hall–Kier alpha value is -3.21. The molecule has 5 nitrogen and oxygen atoms in total. The average molecular weight is 361 g/mol. The molecule has 0 fully saturated rings. The van der Waals surface area contributed by atoms with Gasteiger partial charge in [0, 0.05) is 23.0 Å². The van der Waals surface area contributed by atoms with E-state index in [1.165, 1.54) is 5.56 Å². The van der Waals surface area contributed by atoms with Gasteiger partial charge in [0.05, 0.1) is 0 Å². The van der Waals surface area contributed by atoms with E-state index in [0.717, 1.165) is 28.1 Å². The van der Waals surface area contributed by atoms with Crippen LogP contribution in [0.3, 0.4) is 0 Å². The fourth-order valence-corrected chi connectivity index (χ4v) is 2.77. The second-order valence-corrected chi connectivity index (χ2v) is 6.64. The van der Waals surface area contributed by atoms with Crippen molar-refractivity contribution < 1.29 is 9.53 Å². The van der Waals surface area contributed by atoms with Gasteiger partial charge in [-0.15, -0.1) is 0 Å². The predicted octanol–water partition coefficient (Wildman–Crippen LogP) is 4.39. The number of nitrogens with one attached hydrogen (secondary N) is 1. The summed E-state index contributed by atoms with van der Waals surface area (Å²) in [5.74, 6) is 0.746. The van der Waals surface area contributed by atoms with Gasteiger partial charge in [0.15, 0.2) is 12.4 Å². The molecule has 0 aliphatic carbocycles. The summed E-state index contributed by atoms with van der Waals surface area (Å²) in [6.45, 7) is 7.72. The van der Waals surface area contributed by atoms with Gasteiger partial charge < -0.3 is 10.1 Å². The molecule has 0 saturated carbocycles. The van der Waals surface area contributed by atoms with E-state index in [-0.39, 0.29) is 12.5 Å². The third-order valence-corrected chi connectivity index (χ3v) is 4.24. The van der Waals surface area contributed by atoms with Gasteiger partial charge in [-0.05, 0) is 38.8 Å². The quantitative estimate of drug-likeness (QED) is 0.732. The molecule has 0 aliphatic heterocycles. The molecule has 0 unspecified atom stereocenters. The van der Waals surface area contributed by atoms with Crippen LogP contribution in [-0.2, 0) is 4.79 Å². The minimum absolute atomic E-state index is 0.114. The topological polar surface area (TPSA) is 64.1 Å². The van der Waals surface area contributed by atoms with Crippen molar-refractivity contribution in [1.29, 1.82) is 0 Å². The molecule has 1 N–H and O–H groups in total. The molecule has 2 aromatic carbocycles. The normalized spacial score (nSPS) is 10.5. The number of aryl methyl sites for hydroxylation is 4. The molecule has 0 saturated heterocycles. The maximum Gasteiger partial charge on any atom is 0.262 e. The van der Waals surface area contributed by atoms with Crippen LogP contribution in [0.4, 0.5) is 5.69 Å². The van der Waals surface area contributed by atoms with E-state index in [9.17, 15) is 4.79 Å². The molecule has 3 aromatic rings. The van der Waals surface area contributed by atoms with Crippen LogP contribution < -0.4 is 10.1 Å². The zero-order valence-corrected chi connectivity index (χ0v) is 16.0. The maximum absolute atomic E-state index is 12.3. The Balaban J connectivity index is 1.70. The highest BCUT2D eigenvalue weighted by Gasteiger charge is 2.10. The van der Waals surface area contributed by atoms with Crippen LogP contribution in [-0.4, -0.2) is 22.5 Å². The van der Waals surface area contributed by atoms with Crippen LogP contribution in [0, 0.1) is 27.7 Å². The molecule has 1 aromatic heterocycles. The summed E-state index contributed by atoms with van der Waals surface area (Å²) in [7, 11) is 0. The number of carbonyl (C=O) groups is 1. The maximum atomic E-state index is 12.3. The zero-order chi connectivity index (χ0) is 19.4. The Labute approximate surface area is 159 Å². The number of aromatic nitrogens is 2. The number of hydrogen-bond donors (Lipinski definition) is 1. The first-order valence-electron chi connectivity index (χ1n) is 8.84. The molecular weight excluding hydrogens is 338 g/mol. The van der Waals surface area contributed by atoms with Gasteiger partial charge in [-0.25, -0.2) is 4.98 Å². The summed E-state index contributed by atoms with van der Waals surface area (Å²) < 4.78 is 5.62. The number of ether oxygens (including phenoxy) is 1. The number of hydrogen-bond acceptors (Lipinski definition) is 4. The predicted molar refractivity (Wildman–Crippen MR) is 107 cm³/mol. The Morgan fingerprint density at radius 3 is 2.30 bits per heavy atom. The molecule has 138 valence electrons. The largest absolute Gasteiger partial charge is 0.467 e. The summed E-state index contributed by atoms with van der Waals surface area (Å²) >= 11 is 0. The average Bonchev–Trinajstić information content (AvgIpc) is 2.63. The number of rotatable bonds is 5. The van der Waals surface area contributed by atoms with E-state index in [4.69, 9.17) is 4.74 Å². The van der Waals surface area contributed by atoms with E-state index < -0.39 is 0 Å². The highest BCUT2D eigenvalue weighted by molar-refractivity contribution is 5.93. The molecule has 0 spiro atoms. The lowest BCUT2D eigenvalue weighted by molar-refractivity contribution is -0.118. The van der Waals surface area contributed by atoms with Gasteiger partial charge in [-0.1, -0.05) is 48.0 Å². The molecule has 3 rings (SSSR count). The smallest absolute Gasteiger partial charge is 0.262 e. The Morgan fingerprint density at radius 1 is 0.963 bits per heavy atom. The second kappa shape index (κ2) is 7.99. The number of para-hydroxylation sites is 1. The SMILES string of the molecule is Cc1ccc(-c2nc(C)cc(OCC(=O)Nc3c(C)cccc3C)n2)cc1. The van der Waals surface area contributed by atoms with Crippen molar-refractivity contribution in [3.63, 3.8) is 0 Å². The molecule has 0 atom stereocenters. The number of anilines is 1. The van der Waals surface area contributed by atoms with Gasteiger partial charge >= 0.3 is 0 Å². The Kier molecular flexibility index (Phi) is 5.50. The van der Waals surface area contributed by atoms with Gasteiger partial charge in [0.25, 0.3) is 5.91 Å². The molecule has 0 bridgehead atoms. The van der Waals surface area contributed by atoms with Gasteiger partial charge in [-0.2, -0.15) is 4.98 Å². The third kappa shape index (κ3) is 4.70. The van der Waals surface area contributed by atoms with Crippen LogP contribution in [0.1, 0.15) is 22.4 Å². The van der Waals surface area contributed by atoms with Crippen LogP contribution >= 0.6 is 0 Å².